The first kappa shape index (κ1) is 20.9. The molecule has 1 aliphatic heterocycles. The van der Waals surface area contributed by atoms with E-state index < -0.39 is 0 Å². The molecule has 2 amide bonds. The van der Waals surface area contributed by atoms with Crippen molar-refractivity contribution in [1.82, 2.24) is 25.4 Å². The quantitative estimate of drug-likeness (QED) is 0.636. The largest absolute Gasteiger partial charge is 0.496 e. The highest BCUT2D eigenvalue weighted by atomic mass is 35.5. The molecule has 0 aliphatic carbocycles. The van der Waals surface area contributed by atoms with Crippen LogP contribution in [0.1, 0.15) is 29.0 Å². The second kappa shape index (κ2) is 8.77. The van der Waals surface area contributed by atoms with Gasteiger partial charge in [0.2, 0.25) is 5.91 Å². The summed E-state index contributed by atoms with van der Waals surface area (Å²) in [6.45, 7) is 2.18. The first-order valence-electron chi connectivity index (χ1n) is 9.84. The maximum atomic E-state index is 13.2. The molecule has 9 heteroatoms. The van der Waals surface area contributed by atoms with Crippen LogP contribution >= 0.6 is 11.6 Å². The molecule has 3 aromatic rings. The minimum absolute atomic E-state index is 0.170. The molecule has 0 radical (unpaired) electrons. The van der Waals surface area contributed by atoms with Crippen LogP contribution in [0.5, 0.6) is 5.75 Å². The molecule has 1 saturated heterocycles. The first-order chi connectivity index (χ1) is 15.0. The Labute approximate surface area is 184 Å². The highest BCUT2D eigenvalue weighted by Crippen LogP contribution is 2.31. The van der Waals surface area contributed by atoms with Gasteiger partial charge in [-0.05, 0) is 18.2 Å². The highest BCUT2D eigenvalue weighted by molar-refractivity contribution is 6.30. The number of hydrogen-bond acceptors (Lipinski definition) is 5. The van der Waals surface area contributed by atoms with Crippen molar-refractivity contribution in [3.63, 3.8) is 0 Å². The van der Waals surface area contributed by atoms with Gasteiger partial charge in [-0.15, -0.1) is 0 Å². The Bertz CT molecular complexity index is 1100. The van der Waals surface area contributed by atoms with E-state index in [1.807, 2.05) is 30.3 Å². The zero-order valence-electron chi connectivity index (χ0n) is 17.1. The Morgan fingerprint density at radius 2 is 1.97 bits per heavy atom. The molecule has 4 rings (SSSR count). The molecule has 0 bridgehead atoms. The number of halogens is 1. The molecule has 0 unspecified atom stereocenters. The maximum Gasteiger partial charge on any atom is 0.257 e. The van der Waals surface area contributed by atoms with E-state index in [0.29, 0.717) is 41.1 Å². The zero-order valence-corrected chi connectivity index (χ0v) is 17.9. The number of likely N-dealkylation sites (tertiary alicyclic amines) is 1. The van der Waals surface area contributed by atoms with Crippen LogP contribution in [0.3, 0.4) is 0 Å². The lowest BCUT2D eigenvalue weighted by Crippen LogP contribution is -2.39. The minimum atomic E-state index is -0.295. The topological polar surface area (TPSA) is 100 Å². The molecule has 2 heterocycles. The van der Waals surface area contributed by atoms with Crippen molar-refractivity contribution in [2.75, 3.05) is 20.2 Å². The smallest absolute Gasteiger partial charge is 0.257 e. The highest BCUT2D eigenvalue weighted by Gasteiger charge is 2.39. The molecule has 31 heavy (non-hydrogen) atoms. The number of aromatic nitrogens is 3. The summed E-state index contributed by atoms with van der Waals surface area (Å²) >= 11 is 6.02. The molecule has 2 N–H and O–H groups in total. The molecular formula is C22H22ClN5O3. The van der Waals surface area contributed by atoms with Gasteiger partial charge in [0.05, 0.1) is 24.6 Å². The van der Waals surface area contributed by atoms with Crippen molar-refractivity contribution < 1.29 is 14.3 Å². The second-order valence-electron chi connectivity index (χ2n) is 7.38. The summed E-state index contributed by atoms with van der Waals surface area (Å²) in [5, 5.41) is 10.7. The van der Waals surface area contributed by atoms with Gasteiger partial charge in [0.15, 0.2) is 5.82 Å². The van der Waals surface area contributed by atoms with Crippen molar-refractivity contribution in [3.8, 4) is 17.1 Å². The summed E-state index contributed by atoms with van der Waals surface area (Å²) in [7, 11) is 1.50. The summed E-state index contributed by atoms with van der Waals surface area (Å²) in [5.74, 6) is 1.00. The van der Waals surface area contributed by atoms with E-state index >= 15 is 0 Å². The second-order valence-corrected chi connectivity index (χ2v) is 7.81. The van der Waals surface area contributed by atoms with E-state index in [4.69, 9.17) is 16.3 Å². The molecular weight excluding hydrogens is 418 g/mol. The Balaban J connectivity index is 1.60. The number of amides is 2. The summed E-state index contributed by atoms with van der Waals surface area (Å²) in [6, 6.07) is 14.2. The van der Waals surface area contributed by atoms with E-state index in [2.05, 4.69) is 20.5 Å². The van der Waals surface area contributed by atoms with Gasteiger partial charge in [-0.2, -0.15) is 5.10 Å². The normalized spacial score (nSPS) is 18.1. The van der Waals surface area contributed by atoms with E-state index in [1.54, 1.807) is 23.1 Å². The molecule has 160 valence electrons. The average molecular weight is 440 g/mol. The number of nitrogens with zero attached hydrogens (tertiary/aromatic N) is 3. The predicted octanol–water partition coefficient (Wildman–Crippen LogP) is 2.88. The van der Waals surface area contributed by atoms with Gasteiger partial charge < -0.3 is 15.0 Å². The first-order valence-corrected chi connectivity index (χ1v) is 10.2. The number of ether oxygens (including phenoxy) is 1. The summed E-state index contributed by atoms with van der Waals surface area (Å²) in [5.41, 5.74) is 1.30. The number of rotatable bonds is 5. The summed E-state index contributed by atoms with van der Waals surface area (Å²) in [6.07, 6.45) is 0. The van der Waals surface area contributed by atoms with Crippen LogP contribution in [0.4, 0.5) is 0 Å². The SMILES string of the molecule is COc1cc(Cl)ccc1C(=O)N1C[C@@H](NC(C)=O)[C@H](c2nc(-c3ccccc3)n[nH]2)C1. The summed E-state index contributed by atoms with van der Waals surface area (Å²) in [4.78, 5) is 31.3. The number of methoxy groups -OCH3 is 1. The molecule has 0 spiro atoms. The van der Waals surface area contributed by atoms with E-state index in [9.17, 15) is 9.59 Å². The van der Waals surface area contributed by atoms with Gasteiger partial charge in [-0.25, -0.2) is 4.98 Å². The molecule has 1 aromatic heterocycles. The Morgan fingerprint density at radius 3 is 2.68 bits per heavy atom. The van der Waals surface area contributed by atoms with Gasteiger partial charge in [-0.3, -0.25) is 14.7 Å². The van der Waals surface area contributed by atoms with Crippen molar-refractivity contribution in [3.05, 3.63) is 64.9 Å². The van der Waals surface area contributed by atoms with Crippen LogP contribution < -0.4 is 10.1 Å². The molecule has 1 aliphatic rings. The van der Waals surface area contributed by atoms with Gasteiger partial charge in [0.1, 0.15) is 11.6 Å². The van der Waals surface area contributed by atoms with Crippen molar-refractivity contribution in [2.45, 2.75) is 18.9 Å². The van der Waals surface area contributed by atoms with Crippen molar-refractivity contribution in [2.24, 2.45) is 0 Å². The fourth-order valence-corrected chi connectivity index (χ4v) is 3.98. The van der Waals surface area contributed by atoms with Crippen molar-refractivity contribution in [1.29, 1.82) is 0 Å². The van der Waals surface area contributed by atoms with Gasteiger partial charge in [-0.1, -0.05) is 41.9 Å². The lowest BCUT2D eigenvalue weighted by atomic mass is 10.0. The van der Waals surface area contributed by atoms with Gasteiger partial charge in [0, 0.05) is 30.6 Å². The predicted molar refractivity (Wildman–Crippen MR) is 116 cm³/mol. The third-order valence-electron chi connectivity index (χ3n) is 5.28. The number of benzene rings is 2. The van der Waals surface area contributed by atoms with Gasteiger partial charge >= 0.3 is 0 Å². The fourth-order valence-electron chi connectivity index (χ4n) is 3.82. The van der Waals surface area contributed by atoms with Crippen LogP contribution in [0.2, 0.25) is 5.02 Å². The average Bonchev–Trinajstić information content (AvgIpc) is 3.40. The standard InChI is InChI=1S/C22H22ClN5O3/c1-13(29)24-18-12-28(22(30)16-9-8-15(23)10-19(16)31-2)11-17(18)21-25-20(26-27-21)14-6-4-3-5-7-14/h3-10,17-18H,11-12H2,1-2H3,(H,24,29)(H,25,26,27)/t17-,18-/m1/s1. The molecule has 2 atom stereocenters. The van der Waals surface area contributed by atoms with Crippen molar-refractivity contribution >= 4 is 23.4 Å². The monoisotopic (exact) mass is 439 g/mol. The molecule has 1 fully saturated rings. The number of carbonyl (C=O) groups is 2. The number of nitrogens with one attached hydrogen (secondary N) is 2. The van der Waals surface area contributed by atoms with Crippen LogP contribution in [-0.4, -0.2) is 58.1 Å². The van der Waals surface area contributed by atoms with Crippen LogP contribution in [0, 0.1) is 0 Å². The fraction of sp³-hybridized carbons (Fsp3) is 0.273. The van der Waals surface area contributed by atoms with Crippen LogP contribution in [0.15, 0.2) is 48.5 Å². The minimum Gasteiger partial charge on any atom is -0.496 e. The Hall–Kier alpha value is -3.39. The third-order valence-corrected chi connectivity index (χ3v) is 5.51. The number of carbonyl (C=O) groups excluding carboxylic acids is 2. The Morgan fingerprint density at radius 1 is 1.19 bits per heavy atom. The number of aromatic amines is 1. The van der Waals surface area contributed by atoms with Gasteiger partial charge in [0.25, 0.3) is 5.91 Å². The third kappa shape index (κ3) is 4.39. The molecule has 0 saturated carbocycles. The number of hydrogen-bond donors (Lipinski definition) is 2. The lowest BCUT2D eigenvalue weighted by molar-refractivity contribution is -0.119. The zero-order chi connectivity index (χ0) is 22.0. The molecule has 2 aromatic carbocycles. The van der Waals surface area contributed by atoms with Crippen LogP contribution in [-0.2, 0) is 4.79 Å². The maximum absolute atomic E-state index is 13.2. The summed E-state index contributed by atoms with van der Waals surface area (Å²) < 4.78 is 5.33. The molecule has 8 nitrogen and oxygen atoms in total. The van der Waals surface area contributed by atoms with Crippen LogP contribution in [0.25, 0.3) is 11.4 Å². The Kier molecular flexibility index (Phi) is 5.90. The van der Waals surface area contributed by atoms with E-state index in [0.717, 1.165) is 5.56 Å². The lowest BCUT2D eigenvalue weighted by Gasteiger charge is -2.18. The van der Waals surface area contributed by atoms with E-state index in [1.165, 1.54) is 14.0 Å². The number of H-pyrrole nitrogens is 1. The van der Waals surface area contributed by atoms with E-state index in [-0.39, 0.29) is 23.8 Å².